The quantitative estimate of drug-likeness (QED) is 0.916. The molecule has 2 atom stereocenters. The zero-order valence-corrected chi connectivity index (χ0v) is 14.5. The standard InChI is InChI=1S/C18H22N4O3/c1-11-19-17(21-20-11)15-5-6-25-16(15)8-22(2)18(23)12-3-4-13-9-24-10-14(13)7-12/h3-4,7,15-16H,5-6,8-10H2,1-2H3,(H,19,20,21)/t15-,16-/m1/s1. The molecule has 1 saturated heterocycles. The van der Waals surface area contributed by atoms with Crippen LogP contribution in [0.15, 0.2) is 18.2 Å². The summed E-state index contributed by atoms with van der Waals surface area (Å²) in [5.74, 6) is 1.68. The highest BCUT2D eigenvalue weighted by Crippen LogP contribution is 2.30. The number of hydrogen-bond acceptors (Lipinski definition) is 5. The third kappa shape index (κ3) is 3.17. The molecular formula is C18H22N4O3. The SMILES string of the molecule is Cc1nc([C@@H]2CCO[C@@H]2CN(C)C(=O)c2ccc3c(c2)COC3)n[nH]1. The number of aromatic nitrogens is 3. The number of likely N-dealkylation sites (N-methyl/N-ethyl adjacent to an activating group) is 1. The van der Waals surface area contributed by atoms with Crippen LogP contribution in [0.25, 0.3) is 0 Å². The number of carbonyl (C=O) groups is 1. The average molecular weight is 342 g/mol. The zero-order valence-electron chi connectivity index (χ0n) is 14.5. The lowest BCUT2D eigenvalue weighted by Gasteiger charge is -2.24. The van der Waals surface area contributed by atoms with Crippen LogP contribution in [-0.2, 0) is 22.7 Å². The number of carbonyl (C=O) groups excluding carboxylic acids is 1. The number of rotatable bonds is 4. The Morgan fingerprint density at radius 1 is 1.36 bits per heavy atom. The van der Waals surface area contributed by atoms with Crippen molar-refractivity contribution in [1.29, 1.82) is 0 Å². The molecule has 0 radical (unpaired) electrons. The van der Waals surface area contributed by atoms with Gasteiger partial charge in [0.05, 0.1) is 25.2 Å². The molecule has 7 nitrogen and oxygen atoms in total. The number of H-pyrrole nitrogens is 1. The van der Waals surface area contributed by atoms with E-state index in [1.165, 1.54) is 5.56 Å². The fourth-order valence-electron chi connectivity index (χ4n) is 3.53. The highest BCUT2D eigenvalue weighted by molar-refractivity contribution is 5.94. The summed E-state index contributed by atoms with van der Waals surface area (Å²) < 4.78 is 11.3. The molecule has 3 heterocycles. The fourth-order valence-corrected chi connectivity index (χ4v) is 3.53. The van der Waals surface area contributed by atoms with E-state index in [0.29, 0.717) is 31.9 Å². The van der Waals surface area contributed by atoms with Crippen LogP contribution in [0.2, 0.25) is 0 Å². The number of aryl methyl sites for hydroxylation is 1. The minimum Gasteiger partial charge on any atom is -0.376 e. The molecule has 132 valence electrons. The second kappa shape index (κ2) is 6.57. The van der Waals surface area contributed by atoms with Gasteiger partial charge in [0.15, 0.2) is 5.82 Å². The Bertz CT molecular complexity index is 788. The van der Waals surface area contributed by atoms with Gasteiger partial charge in [0, 0.05) is 25.8 Å². The number of fused-ring (bicyclic) bond motifs is 1. The van der Waals surface area contributed by atoms with E-state index in [9.17, 15) is 4.79 Å². The van der Waals surface area contributed by atoms with E-state index in [0.717, 1.165) is 23.6 Å². The maximum Gasteiger partial charge on any atom is 0.253 e. The zero-order chi connectivity index (χ0) is 17.4. The number of nitrogens with one attached hydrogen (secondary N) is 1. The van der Waals surface area contributed by atoms with Crippen molar-refractivity contribution in [3.63, 3.8) is 0 Å². The molecule has 2 aliphatic heterocycles. The average Bonchev–Trinajstić information content (AvgIpc) is 3.33. The minimum absolute atomic E-state index is 0.00452. The summed E-state index contributed by atoms with van der Waals surface area (Å²) in [6, 6.07) is 5.79. The van der Waals surface area contributed by atoms with Crippen molar-refractivity contribution in [1.82, 2.24) is 20.1 Å². The van der Waals surface area contributed by atoms with Crippen LogP contribution in [0, 0.1) is 6.92 Å². The summed E-state index contributed by atoms with van der Waals surface area (Å²) in [7, 11) is 1.81. The first-order chi connectivity index (χ1) is 12.1. The number of nitrogens with zero attached hydrogens (tertiary/aromatic N) is 3. The van der Waals surface area contributed by atoms with E-state index in [-0.39, 0.29) is 17.9 Å². The summed E-state index contributed by atoms with van der Waals surface area (Å²) in [4.78, 5) is 18.9. The van der Waals surface area contributed by atoms with Gasteiger partial charge in [-0.15, -0.1) is 0 Å². The van der Waals surface area contributed by atoms with E-state index in [4.69, 9.17) is 9.47 Å². The van der Waals surface area contributed by atoms with Crippen molar-refractivity contribution in [2.24, 2.45) is 0 Å². The Balaban J connectivity index is 1.45. The van der Waals surface area contributed by atoms with Crippen LogP contribution in [0.1, 0.15) is 45.5 Å². The lowest BCUT2D eigenvalue weighted by atomic mass is 10.00. The Morgan fingerprint density at radius 2 is 2.20 bits per heavy atom. The number of amides is 1. The predicted molar refractivity (Wildman–Crippen MR) is 90.1 cm³/mol. The van der Waals surface area contributed by atoms with Crippen molar-refractivity contribution in [3.8, 4) is 0 Å². The monoisotopic (exact) mass is 342 g/mol. The molecule has 1 aromatic carbocycles. The van der Waals surface area contributed by atoms with Crippen molar-refractivity contribution < 1.29 is 14.3 Å². The number of ether oxygens (including phenoxy) is 2. The van der Waals surface area contributed by atoms with Crippen LogP contribution in [0.4, 0.5) is 0 Å². The Morgan fingerprint density at radius 3 is 3.00 bits per heavy atom. The Labute approximate surface area is 146 Å². The highest BCUT2D eigenvalue weighted by atomic mass is 16.5. The summed E-state index contributed by atoms with van der Waals surface area (Å²) in [6.45, 7) is 4.28. The number of benzene rings is 1. The fraction of sp³-hybridized carbons (Fsp3) is 0.500. The Hall–Kier alpha value is -2.25. The first-order valence-corrected chi connectivity index (χ1v) is 8.57. The van der Waals surface area contributed by atoms with Crippen molar-refractivity contribution in [2.75, 3.05) is 20.2 Å². The maximum atomic E-state index is 12.8. The van der Waals surface area contributed by atoms with Gasteiger partial charge in [-0.3, -0.25) is 9.89 Å². The number of aromatic amines is 1. The molecule has 1 N–H and O–H groups in total. The van der Waals surface area contributed by atoms with Crippen molar-refractivity contribution in [3.05, 3.63) is 46.5 Å². The molecule has 7 heteroatoms. The third-order valence-electron chi connectivity index (χ3n) is 4.92. The van der Waals surface area contributed by atoms with Crippen molar-refractivity contribution >= 4 is 5.91 Å². The van der Waals surface area contributed by atoms with Gasteiger partial charge in [-0.1, -0.05) is 6.07 Å². The smallest absolute Gasteiger partial charge is 0.253 e. The van der Waals surface area contributed by atoms with Crippen molar-refractivity contribution in [2.45, 2.75) is 38.6 Å². The van der Waals surface area contributed by atoms with E-state index in [1.807, 2.05) is 32.2 Å². The summed E-state index contributed by atoms with van der Waals surface area (Å²) in [6.07, 6.45) is 0.794. The van der Waals surface area contributed by atoms with Gasteiger partial charge in [-0.2, -0.15) is 5.10 Å². The second-order valence-electron chi connectivity index (χ2n) is 6.75. The van der Waals surface area contributed by atoms with E-state index in [1.54, 1.807) is 4.90 Å². The molecule has 4 rings (SSSR count). The van der Waals surface area contributed by atoms with Gasteiger partial charge in [0.1, 0.15) is 5.82 Å². The van der Waals surface area contributed by atoms with Gasteiger partial charge in [0.25, 0.3) is 5.91 Å². The molecule has 0 spiro atoms. The van der Waals surface area contributed by atoms with Gasteiger partial charge >= 0.3 is 0 Å². The molecular weight excluding hydrogens is 320 g/mol. The molecule has 1 amide bonds. The molecule has 1 aromatic heterocycles. The predicted octanol–water partition coefficient (Wildman–Crippen LogP) is 1.79. The summed E-state index contributed by atoms with van der Waals surface area (Å²) in [5, 5.41) is 7.15. The van der Waals surface area contributed by atoms with E-state index >= 15 is 0 Å². The number of hydrogen-bond donors (Lipinski definition) is 1. The minimum atomic E-state index is -0.0816. The molecule has 2 aliphatic rings. The van der Waals surface area contributed by atoms with Crippen LogP contribution < -0.4 is 0 Å². The molecule has 0 unspecified atom stereocenters. The highest BCUT2D eigenvalue weighted by Gasteiger charge is 2.34. The molecule has 0 aliphatic carbocycles. The normalized spacial score (nSPS) is 22.2. The molecule has 0 bridgehead atoms. The second-order valence-corrected chi connectivity index (χ2v) is 6.75. The first kappa shape index (κ1) is 16.2. The van der Waals surface area contributed by atoms with Gasteiger partial charge in [0.2, 0.25) is 0 Å². The Kier molecular flexibility index (Phi) is 4.27. The summed E-state index contributed by atoms with van der Waals surface area (Å²) >= 11 is 0. The lowest BCUT2D eigenvalue weighted by Crippen LogP contribution is -2.36. The first-order valence-electron chi connectivity index (χ1n) is 8.57. The van der Waals surface area contributed by atoms with Crippen LogP contribution in [0.5, 0.6) is 0 Å². The van der Waals surface area contributed by atoms with Gasteiger partial charge in [-0.25, -0.2) is 4.98 Å². The lowest BCUT2D eigenvalue weighted by molar-refractivity contribution is 0.0550. The van der Waals surface area contributed by atoms with Crippen LogP contribution in [0.3, 0.4) is 0 Å². The molecule has 2 aromatic rings. The third-order valence-corrected chi connectivity index (χ3v) is 4.92. The van der Waals surface area contributed by atoms with Gasteiger partial charge in [-0.05, 0) is 36.6 Å². The van der Waals surface area contributed by atoms with Gasteiger partial charge < -0.3 is 14.4 Å². The van der Waals surface area contributed by atoms with Crippen LogP contribution in [-0.4, -0.2) is 52.3 Å². The summed E-state index contributed by atoms with van der Waals surface area (Å²) in [5.41, 5.74) is 2.96. The van der Waals surface area contributed by atoms with Crippen LogP contribution >= 0.6 is 0 Å². The molecule has 1 fully saturated rings. The molecule has 0 saturated carbocycles. The largest absolute Gasteiger partial charge is 0.376 e. The topological polar surface area (TPSA) is 80.3 Å². The molecule has 25 heavy (non-hydrogen) atoms. The maximum absolute atomic E-state index is 12.8. The van der Waals surface area contributed by atoms with E-state index < -0.39 is 0 Å². The van der Waals surface area contributed by atoms with E-state index in [2.05, 4.69) is 15.2 Å².